The molecule has 0 radical (unpaired) electrons. The first-order valence-corrected chi connectivity index (χ1v) is 9.27. The van der Waals surface area contributed by atoms with Crippen molar-refractivity contribution in [3.05, 3.63) is 28.7 Å². The Morgan fingerprint density at radius 1 is 1.15 bits per heavy atom. The molecule has 0 aromatic heterocycles. The van der Waals surface area contributed by atoms with E-state index in [2.05, 4.69) is 20.8 Å². The van der Waals surface area contributed by atoms with Crippen LogP contribution in [0.25, 0.3) is 0 Å². The van der Waals surface area contributed by atoms with Crippen molar-refractivity contribution in [3.63, 3.8) is 0 Å². The van der Waals surface area contributed by atoms with Gasteiger partial charge in [0.1, 0.15) is 0 Å². The summed E-state index contributed by atoms with van der Waals surface area (Å²) in [7, 11) is -3.34. The highest BCUT2D eigenvalue weighted by molar-refractivity contribution is 9.10. The smallest absolute Gasteiger partial charge is 0.243 e. The molecule has 1 heterocycles. The second kappa shape index (κ2) is 5.75. The van der Waals surface area contributed by atoms with Crippen molar-refractivity contribution in [2.45, 2.75) is 17.7 Å². The highest BCUT2D eigenvalue weighted by Crippen LogP contribution is 2.30. The molecule has 1 aromatic rings. The van der Waals surface area contributed by atoms with E-state index >= 15 is 0 Å². The Balaban J connectivity index is 1.66. The topological polar surface area (TPSA) is 40.6 Å². The molecule has 20 heavy (non-hydrogen) atoms. The quantitative estimate of drug-likeness (QED) is 0.827. The molecule has 3 rings (SSSR count). The summed E-state index contributed by atoms with van der Waals surface area (Å²) in [6.07, 6.45) is 2.69. The predicted molar refractivity (Wildman–Crippen MR) is 82.1 cm³/mol. The zero-order valence-electron chi connectivity index (χ0n) is 11.3. The Hall–Kier alpha value is -0.430. The minimum atomic E-state index is -3.34. The average molecular weight is 359 g/mol. The molecule has 2 aliphatic rings. The summed E-state index contributed by atoms with van der Waals surface area (Å²) < 4.78 is 27.5. The average Bonchev–Trinajstić information content (AvgIpc) is 3.23. The monoisotopic (exact) mass is 358 g/mol. The molecule has 0 atom stereocenters. The van der Waals surface area contributed by atoms with Gasteiger partial charge in [-0.15, -0.1) is 0 Å². The Kier molecular flexibility index (Phi) is 4.17. The van der Waals surface area contributed by atoms with Gasteiger partial charge in [0.05, 0.1) is 4.90 Å². The van der Waals surface area contributed by atoms with Crippen molar-refractivity contribution in [2.75, 3.05) is 32.7 Å². The van der Waals surface area contributed by atoms with E-state index in [1.165, 1.54) is 12.8 Å². The molecule has 1 aliphatic carbocycles. The first-order valence-electron chi connectivity index (χ1n) is 7.04. The second-order valence-corrected chi connectivity index (χ2v) is 8.46. The SMILES string of the molecule is O=S(=O)(c1cccc(Br)c1)N1CCN(CC2CC2)CC1. The maximum absolute atomic E-state index is 12.6. The van der Waals surface area contributed by atoms with E-state index < -0.39 is 10.0 Å². The van der Waals surface area contributed by atoms with Crippen LogP contribution in [0.5, 0.6) is 0 Å². The summed E-state index contributed by atoms with van der Waals surface area (Å²) in [5.41, 5.74) is 0. The van der Waals surface area contributed by atoms with Gasteiger partial charge in [-0.2, -0.15) is 4.31 Å². The van der Waals surface area contributed by atoms with Crippen LogP contribution in [0, 0.1) is 5.92 Å². The zero-order chi connectivity index (χ0) is 14.2. The minimum absolute atomic E-state index is 0.377. The molecule has 0 spiro atoms. The third-order valence-corrected chi connectivity index (χ3v) is 6.37. The van der Waals surface area contributed by atoms with Crippen molar-refractivity contribution in [1.29, 1.82) is 0 Å². The molecule has 1 aliphatic heterocycles. The fourth-order valence-corrected chi connectivity index (χ4v) is 4.61. The molecule has 110 valence electrons. The van der Waals surface area contributed by atoms with Crippen molar-refractivity contribution in [1.82, 2.24) is 9.21 Å². The molecule has 1 aromatic carbocycles. The van der Waals surface area contributed by atoms with Gasteiger partial charge in [0, 0.05) is 37.2 Å². The molecule has 4 nitrogen and oxygen atoms in total. The normalized spacial score (nSPS) is 22.1. The lowest BCUT2D eigenvalue weighted by atomic mass is 10.3. The van der Waals surface area contributed by atoms with Crippen LogP contribution in [0.2, 0.25) is 0 Å². The summed E-state index contributed by atoms with van der Waals surface area (Å²) in [6.45, 7) is 4.04. The summed E-state index contributed by atoms with van der Waals surface area (Å²) in [5.74, 6) is 0.864. The molecule has 0 amide bonds. The van der Waals surface area contributed by atoms with E-state index in [0.717, 1.165) is 30.0 Å². The van der Waals surface area contributed by atoms with E-state index in [4.69, 9.17) is 0 Å². The first kappa shape index (κ1) is 14.5. The van der Waals surface area contributed by atoms with Gasteiger partial charge < -0.3 is 4.90 Å². The van der Waals surface area contributed by atoms with Crippen LogP contribution >= 0.6 is 15.9 Å². The fourth-order valence-electron chi connectivity index (χ4n) is 2.59. The second-order valence-electron chi connectivity index (χ2n) is 5.61. The lowest BCUT2D eigenvalue weighted by Crippen LogP contribution is -2.49. The number of sulfonamides is 1. The van der Waals surface area contributed by atoms with Crippen molar-refractivity contribution in [2.24, 2.45) is 5.92 Å². The van der Waals surface area contributed by atoms with E-state index in [1.807, 2.05) is 6.07 Å². The summed E-state index contributed by atoms with van der Waals surface area (Å²) in [5, 5.41) is 0. The van der Waals surface area contributed by atoms with E-state index in [-0.39, 0.29) is 0 Å². The highest BCUT2D eigenvalue weighted by atomic mass is 79.9. The van der Waals surface area contributed by atoms with Crippen LogP contribution in [0.15, 0.2) is 33.6 Å². The van der Waals surface area contributed by atoms with Crippen molar-refractivity contribution >= 4 is 26.0 Å². The van der Waals surface area contributed by atoms with Crippen LogP contribution in [-0.4, -0.2) is 50.3 Å². The predicted octanol–water partition coefficient (Wildman–Crippen LogP) is 2.17. The highest BCUT2D eigenvalue weighted by Gasteiger charge is 2.31. The van der Waals surface area contributed by atoms with Crippen LogP contribution < -0.4 is 0 Å². The van der Waals surface area contributed by atoms with Gasteiger partial charge in [0.15, 0.2) is 0 Å². The molecule has 0 bridgehead atoms. The maximum Gasteiger partial charge on any atom is 0.243 e. The Labute approximate surface area is 128 Å². The van der Waals surface area contributed by atoms with Crippen LogP contribution in [-0.2, 0) is 10.0 Å². The third-order valence-electron chi connectivity index (χ3n) is 3.98. The van der Waals surface area contributed by atoms with Crippen LogP contribution in [0.3, 0.4) is 0 Å². The summed E-state index contributed by atoms with van der Waals surface area (Å²) in [6, 6.07) is 6.94. The minimum Gasteiger partial charge on any atom is -0.300 e. The number of rotatable bonds is 4. The molecule has 1 saturated heterocycles. The van der Waals surface area contributed by atoms with E-state index in [9.17, 15) is 8.42 Å². The molecule has 1 saturated carbocycles. The Morgan fingerprint density at radius 3 is 2.45 bits per heavy atom. The third kappa shape index (κ3) is 3.24. The van der Waals surface area contributed by atoms with Crippen LogP contribution in [0.4, 0.5) is 0 Å². The number of hydrogen-bond donors (Lipinski definition) is 0. The van der Waals surface area contributed by atoms with E-state index in [0.29, 0.717) is 18.0 Å². The molecule has 2 fully saturated rings. The molecule has 0 N–H and O–H groups in total. The van der Waals surface area contributed by atoms with Crippen molar-refractivity contribution < 1.29 is 8.42 Å². The molecule has 6 heteroatoms. The van der Waals surface area contributed by atoms with Gasteiger partial charge >= 0.3 is 0 Å². The van der Waals surface area contributed by atoms with Gasteiger partial charge in [0.25, 0.3) is 0 Å². The standard InChI is InChI=1S/C14H19BrN2O2S/c15-13-2-1-3-14(10-13)20(18,19)17-8-6-16(7-9-17)11-12-4-5-12/h1-3,10,12H,4-9,11H2. The number of hydrogen-bond acceptors (Lipinski definition) is 3. The van der Waals surface area contributed by atoms with Gasteiger partial charge in [-0.1, -0.05) is 22.0 Å². The summed E-state index contributed by atoms with van der Waals surface area (Å²) >= 11 is 3.33. The molecule has 0 unspecified atom stereocenters. The Bertz CT molecular complexity index is 579. The van der Waals surface area contributed by atoms with E-state index in [1.54, 1.807) is 22.5 Å². The van der Waals surface area contributed by atoms with Gasteiger partial charge in [-0.25, -0.2) is 8.42 Å². The van der Waals surface area contributed by atoms with Gasteiger partial charge in [-0.3, -0.25) is 0 Å². The zero-order valence-corrected chi connectivity index (χ0v) is 13.7. The lowest BCUT2D eigenvalue weighted by Gasteiger charge is -2.34. The summed E-state index contributed by atoms with van der Waals surface area (Å²) in [4.78, 5) is 2.77. The van der Waals surface area contributed by atoms with Crippen molar-refractivity contribution in [3.8, 4) is 0 Å². The lowest BCUT2D eigenvalue weighted by molar-refractivity contribution is 0.182. The number of piperazine rings is 1. The maximum atomic E-state index is 12.6. The van der Waals surface area contributed by atoms with Gasteiger partial charge in [-0.05, 0) is 37.0 Å². The Morgan fingerprint density at radius 2 is 1.85 bits per heavy atom. The number of halogens is 1. The first-order chi connectivity index (χ1) is 9.55. The number of nitrogens with zero attached hydrogens (tertiary/aromatic N) is 2. The molecular formula is C14H19BrN2O2S. The fraction of sp³-hybridized carbons (Fsp3) is 0.571. The number of benzene rings is 1. The largest absolute Gasteiger partial charge is 0.300 e. The molecular weight excluding hydrogens is 340 g/mol. The van der Waals surface area contributed by atoms with Gasteiger partial charge in [0.2, 0.25) is 10.0 Å². The van der Waals surface area contributed by atoms with Crippen LogP contribution in [0.1, 0.15) is 12.8 Å².